The van der Waals surface area contributed by atoms with E-state index in [-0.39, 0.29) is 0 Å². The zero-order valence-corrected chi connectivity index (χ0v) is 12.7. The molecule has 106 valence electrons. The van der Waals surface area contributed by atoms with Gasteiger partial charge in [0, 0.05) is 32.1 Å². The Balaban J connectivity index is 1.86. The predicted octanol–water partition coefficient (Wildman–Crippen LogP) is 2.87. The van der Waals surface area contributed by atoms with E-state index in [1.54, 1.807) is 11.3 Å². The molecule has 2 rings (SSSR count). The molecule has 2 atom stereocenters. The molecule has 19 heavy (non-hydrogen) atoms. The van der Waals surface area contributed by atoms with Gasteiger partial charge in [0.1, 0.15) is 0 Å². The second-order valence-electron chi connectivity index (χ2n) is 5.27. The van der Waals surface area contributed by atoms with E-state index in [1.807, 2.05) is 11.8 Å². The van der Waals surface area contributed by atoms with E-state index in [0.29, 0.717) is 24.3 Å². The Bertz CT molecular complexity index is 391. The molecule has 3 nitrogen and oxygen atoms in total. The van der Waals surface area contributed by atoms with Crippen LogP contribution >= 0.6 is 11.3 Å². The normalized spacial score (nSPS) is 23.6. The number of likely N-dealkylation sites (tertiary alicyclic amines) is 1. The van der Waals surface area contributed by atoms with E-state index >= 15 is 0 Å². The molecular formula is C15H24N2OS. The first-order chi connectivity index (χ1) is 9.24. The van der Waals surface area contributed by atoms with E-state index in [9.17, 15) is 4.79 Å². The average Bonchev–Trinajstić information content (AvgIpc) is 2.97. The smallest absolute Gasteiger partial charge is 0.222 e. The van der Waals surface area contributed by atoms with Gasteiger partial charge in [0.25, 0.3) is 0 Å². The van der Waals surface area contributed by atoms with E-state index < -0.39 is 0 Å². The second-order valence-corrected chi connectivity index (χ2v) is 6.05. The fourth-order valence-corrected chi connectivity index (χ4v) is 3.48. The van der Waals surface area contributed by atoms with Gasteiger partial charge in [0.15, 0.2) is 0 Å². The van der Waals surface area contributed by atoms with Crippen LogP contribution in [0.3, 0.4) is 0 Å². The highest BCUT2D eigenvalue weighted by Crippen LogP contribution is 2.21. The summed E-state index contributed by atoms with van der Waals surface area (Å²) >= 11 is 1.75. The number of nitrogens with zero attached hydrogens (tertiary/aromatic N) is 1. The first kappa shape index (κ1) is 14.5. The molecule has 1 aromatic rings. The maximum atomic E-state index is 11.8. The average molecular weight is 280 g/mol. The molecule has 1 aliphatic heterocycles. The van der Waals surface area contributed by atoms with Gasteiger partial charge in [-0.25, -0.2) is 0 Å². The number of rotatable bonds is 5. The van der Waals surface area contributed by atoms with Crippen molar-refractivity contribution in [2.24, 2.45) is 5.92 Å². The van der Waals surface area contributed by atoms with Gasteiger partial charge in [0.05, 0.1) is 0 Å². The minimum atomic E-state index is 0.301. The van der Waals surface area contributed by atoms with Crippen LogP contribution in [0.1, 0.15) is 38.7 Å². The number of hydrogen-bond acceptors (Lipinski definition) is 3. The number of amides is 1. The largest absolute Gasteiger partial charge is 0.342 e. The van der Waals surface area contributed by atoms with Crippen LogP contribution < -0.4 is 5.32 Å². The summed E-state index contributed by atoms with van der Waals surface area (Å²) in [6, 6.07) is 2.72. The molecule has 1 saturated heterocycles. The van der Waals surface area contributed by atoms with Crippen molar-refractivity contribution in [2.75, 3.05) is 13.1 Å². The highest BCUT2D eigenvalue weighted by atomic mass is 32.1. The minimum absolute atomic E-state index is 0.301. The van der Waals surface area contributed by atoms with Crippen LogP contribution in [0, 0.1) is 5.92 Å². The quantitative estimate of drug-likeness (QED) is 0.899. The van der Waals surface area contributed by atoms with Crippen molar-refractivity contribution >= 4 is 17.2 Å². The van der Waals surface area contributed by atoms with Crippen molar-refractivity contribution in [2.45, 2.75) is 45.7 Å². The summed E-state index contributed by atoms with van der Waals surface area (Å²) in [5, 5.41) is 7.99. The molecule has 0 unspecified atom stereocenters. The zero-order chi connectivity index (χ0) is 13.7. The molecule has 0 radical (unpaired) electrons. The molecule has 0 bridgehead atoms. The Morgan fingerprint density at radius 3 is 3.00 bits per heavy atom. The first-order valence-corrected chi connectivity index (χ1v) is 8.21. The molecule has 1 aromatic heterocycles. The molecule has 4 heteroatoms. The molecule has 2 heterocycles. The molecule has 1 aliphatic rings. The van der Waals surface area contributed by atoms with E-state index in [1.165, 1.54) is 5.56 Å². The fraction of sp³-hybridized carbons (Fsp3) is 0.667. The maximum Gasteiger partial charge on any atom is 0.222 e. The van der Waals surface area contributed by atoms with Crippen LogP contribution in [0.15, 0.2) is 16.8 Å². The lowest BCUT2D eigenvalue weighted by molar-refractivity contribution is -0.133. The summed E-state index contributed by atoms with van der Waals surface area (Å²) in [7, 11) is 0. The van der Waals surface area contributed by atoms with Gasteiger partial charge in [-0.15, -0.1) is 0 Å². The van der Waals surface area contributed by atoms with E-state index in [4.69, 9.17) is 0 Å². The van der Waals surface area contributed by atoms with Crippen molar-refractivity contribution < 1.29 is 4.79 Å². The standard InChI is InChI=1S/C15H24N2OS/c1-3-13-10-17(15(18)4-2)7-5-14(13)16-9-12-6-8-19-11-12/h6,8,11,13-14,16H,3-5,7,9-10H2,1-2H3/t13-,14-/m0/s1. The third-order valence-corrected chi connectivity index (χ3v) is 4.79. The lowest BCUT2D eigenvalue weighted by Crippen LogP contribution is -2.50. The Morgan fingerprint density at radius 2 is 2.37 bits per heavy atom. The minimum Gasteiger partial charge on any atom is -0.342 e. The van der Waals surface area contributed by atoms with Crippen LogP contribution in [0.4, 0.5) is 0 Å². The summed E-state index contributed by atoms with van der Waals surface area (Å²) in [4.78, 5) is 13.8. The van der Waals surface area contributed by atoms with Crippen molar-refractivity contribution in [1.82, 2.24) is 10.2 Å². The zero-order valence-electron chi connectivity index (χ0n) is 11.9. The second kappa shape index (κ2) is 7.06. The number of piperidine rings is 1. The number of hydrogen-bond donors (Lipinski definition) is 1. The highest BCUT2D eigenvalue weighted by Gasteiger charge is 2.29. The lowest BCUT2D eigenvalue weighted by Gasteiger charge is -2.38. The molecule has 0 spiro atoms. The van der Waals surface area contributed by atoms with Gasteiger partial charge in [-0.1, -0.05) is 20.3 Å². The summed E-state index contributed by atoms with van der Waals surface area (Å²) in [6.45, 7) is 6.95. The topological polar surface area (TPSA) is 32.3 Å². The number of carbonyl (C=O) groups excluding carboxylic acids is 1. The third kappa shape index (κ3) is 3.80. The van der Waals surface area contributed by atoms with Crippen LogP contribution in [0.25, 0.3) is 0 Å². The molecule has 1 amide bonds. The molecule has 0 saturated carbocycles. The summed E-state index contributed by atoms with van der Waals surface area (Å²) < 4.78 is 0. The molecule has 0 aromatic carbocycles. The highest BCUT2D eigenvalue weighted by molar-refractivity contribution is 7.07. The van der Waals surface area contributed by atoms with Crippen molar-refractivity contribution in [1.29, 1.82) is 0 Å². The van der Waals surface area contributed by atoms with Crippen LogP contribution in [0.5, 0.6) is 0 Å². The Kier molecular flexibility index (Phi) is 5.40. The van der Waals surface area contributed by atoms with Crippen LogP contribution in [0.2, 0.25) is 0 Å². The first-order valence-electron chi connectivity index (χ1n) is 7.26. The third-order valence-electron chi connectivity index (χ3n) is 4.06. The monoisotopic (exact) mass is 280 g/mol. The van der Waals surface area contributed by atoms with E-state index in [0.717, 1.165) is 32.5 Å². The SMILES string of the molecule is CCC(=O)N1CC[C@H](NCc2ccsc2)[C@@H](CC)C1. The maximum absolute atomic E-state index is 11.8. The number of thiophene rings is 1. The fourth-order valence-electron chi connectivity index (χ4n) is 2.81. The lowest BCUT2D eigenvalue weighted by atomic mass is 9.89. The Hall–Kier alpha value is -0.870. The van der Waals surface area contributed by atoms with Gasteiger partial charge >= 0.3 is 0 Å². The Morgan fingerprint density at radius 1 is 1.53 bits per heavy atom. The Labute approximate surface area is 120 Å². The van der Waals surface area contributed by atoms with Gasteiger partial charge in [0.2, 0.25) is 5.91 Å². The molecule has 0 aliphatic carbocycles. The molecule has 1 N–H and O–H groups in total. The number of carbonyl (C=O) groups is 1. The summed E-state index contributed by atoms with van der Waals surface area (Å²) in [5.74, 6) is 0.887. The molecule has 1 fully saturated rings. The van der Waals surface area contributed by atoms with Crippen LogP contribution in [-0.4, -0.2) is 29.9 Å². The van der Waals surface area contributed by atoms with Gasteiger partial charge in [-0.2, -0.15) is 11.3 Å². The number of nitrogens with one attached hydrogen (secondary N) is 1. The summed E-state index contributed by atoms with van der Waals surface area (Å²) in [5.41, 5.74) is 1.37. The molecular weight excluding hydrogens is 256 g/mol. The summed E-state index contributed by atoms with van der Waals surface area (Å²) in [6.07, 6.45) is 2.84. The predicted molar refractivity (Wildman–Crippen MR) is 80.2 cm³/mol. The van der Waals surface area contributed by atoms with Gasteiger partial charge in [-0.3, -0.25) is 4.79 Å². The van der Waals surface area contributed by atoms with Gasteiger partial charge in [-0.05, 0) is 34.7 Å². The van der Waals surface area contributed by atoms with Crippen molar-refractivity contribution in [3.8, 4) is 0 Å². The van der Waals surface area contributed by atoms with Gasteiger partial charge < -0.3 is 10.2 Å². The van der Waals surface area contributed by atoms with Crippen molar-refractivity contribution in [3.63, 3.8) is 0 Å². The van der Waals surface area contributed by atoms with E-state index in [2.05, 4.69) is 29.1 Å². The van der Waals surface area contributed by atoms with Crippen molar-refractivity contribution in [3.05, 3.63) is 22.4 Å². The van der Waals surface area contributed by atoms with Crippen LogP contribution in [-0.2, 0) is 11.3 Å².